The van der Waals surface area contributed by atoms with Gasteiger partial charge in [-0.25, -0.2) is 0 Å². The summed E-state index contributed by atoms with van der Waals surface area (Å²) in [6, 6.07) is -0.560. The SMILES string of the molecule is CNC(=O)[C@@H]1C[C@@H](N)CN1C(=O)CCc1n[nH]c2c1CCCC2. The van der Waals surface area contributed by atoms with Crippen molar-refractivity contribution in [1.82, 2.24) is 20.4 Å². The number of hydrogen-bond acceptors (Lipinski definition) is 4. The first-order valence-corrected chi connectivity index (χ1v) is 8.41. The molecule has 126 valence electrons. The Kier molecular flexibility index (Phi) is 4.66. The largest absolute Gasteiger partial charge is 0.357 e. The molecule has 7 nitrogen and oxygen atoms in total. The third-order valence-corrected chi connectivity index (χ3v) is 4.92. The summed E-state index contributed by atoms with van der Waals surface area (Å²) >= 11 is 0. The summed E-state index contributed by atoms with van der Waals surface area (Å²) in [6.07, 6.45) is 6.01. The van der Waals surface area contributed by atoms with Crippen molar-refractivity contribution in [3.63, 3.8) is 0 Å². The number of likely N-dealkylation sites (tertiary alicyclic amines) is 1. The monoisotopic (exact) mass is 319 g/mol. The van der Waals surface area contributed by atoms with Gasteiger partial charge in [-0.2, -0.15) is 5.10 Å². The lowest BCUT2D eigenvalue weighted by Gasteiger charge is -2.23. The maximum Gasteiger partial charge on any atom is 0.242 e. The van der Waals surface area contributed by atoms with E-state index in [0.29, 0.717) is 25.8 Å². The van der Waals surface area contributed by atoms with Gasteiger partial charge in [0.05, 0.1) is 5.69 Å². The molecule has 4 N–H and O–H groups in total. The summed E-state index contributed by atoms with van der Waals surface area (Å²) in [5.41, 5.74) is 9.47. The molecule has 7 heteroatoms. The number of carbonyl (C=O) groups is 2. The third-order valence-electron chi connectivity index (χ3n) is 4.92. The molecule has 0 radical (unpaired) electrons. The van der Waals surface area contributed by atoms with E-state index in [-0.39, 0.29) is 17.9 Å². The zero-order valence-electron chi connectivity index (χ0n) is 13.6. The Morgan fingerprint density at radius 1 is 1.39 bits per heavy atom. The van der Waals surface area contributed by atoms with Gasteiger partial charge in [-0.1, -0.05) is 0 Å². The fraction of sp³-hybridized carbons (Fsp3) is 0.688. The molecular weight excluding hydrogens is 294 g/mol. The van der Waals surface area contributed by atoms with Gasteiger partial charge in [0, 0.05) is 38.2 Å². The van der Waals surface area contributed by atoms with Crippen LogP contribution in [0.1, 0.15) is 42.6 Å². The van der Waals surface area contributed by atoms with E-state index in [9.17, 15) is 9.59 Å². The average Bonchev–Trinajstić information content (AvgIpc) is 3.15. The van der Waals surface area contributed by atoms with Crippen LogP contribution in [-0.2, 0) is 28.9 Å². The summed E-state index contributed by atoms with van der Waals surface area (Å²) in [5, 5.41) is 10.1. The van der Waals surface area contributed by atoms with Crippen LogP contribution in [0.4, 0.5) is 0 Å². The smallest absolute Gasteiger partial charge is 0.242 e. The Balaban J connectivity index is 1.62. The number of rotatable bonds is 4. The van der Waals surface area contributed by atoms with Crippen molar-refractivity contribution in [3.05, 3.63) is 17.0 Å². The summed E-state index contributed by atoms with van der Waals surface area (Å²) in [5.74, 6) is -0.150. The lowest BCUT2D eigenvalue weighted by atomic mass is 9.94. The van der Waals surface area contributed by atoms with Crippen LogP contribution in [0.25, 0.3) is 0 Å². The van der Waals surface area contributed by atoms with Gasteiger partial charge in [-0.3, -0.25) is 14.7 Å². The van der Waals surface area contributed by atoms with Gasteiger partial charge >= 0.3 is 0 Å². The molecule has 0 bridgehead atoms. The minimum Gasteiger partial charge on any atom is -0.357 e. The second-order valence-electron chi connectivity index (χ2n) is 6.51. The highest BCUT2D eigenvalue weighted by molar-refractivity contribution is 5.88. The summed E-state index contributed by atoms with van der Waals surface area (Å²) in [6.45, 7) is 0.454. The van der Waals surface area contributed by atoms with E-state index in [1.54, 1.807) is 11.9 Å². The first-order valence-electron chi connectivity index (χ1n) is 8.41. The minimum absolute atomic E-state index is 0.0147. The summed E-state index contributed by atoms with van der Waals surface area (Å²) < 4.78 is 0. The van der Waals surface area contributed by atoms with E-state index in [1.807, 2.05) is 0 Å². The van der Waals surface area contributed by atoms with Crippen LogP contribution >= 0.6 is 0 Å². The van der Waals surface area contributed by atoms with Crippen molar-refractivity contribution < 1.29 is 9.59 Å². The van der Waals surface area contributed by atoms with E-state index in [4.69, 9.17) is 5.73 Å². The predicted octanol–water partition coefficient (Wildman–Crippen LogP) is -0.105. The number of aromatic amines is 1. The number of likely N-dealkylation sites (N-methyl/N-ethyl adjacent to an activating group) is 1. The Labute approximate surface area is 136 Å². The number of nitrogens with two attached hydrogens (primary N) is 1. The van der Waals surface area contributed by atoms with Gasteiger partial charge in [-0.15, -0.1) is 0 Å². The first-order chi connectivity index (χ1) is 11.1. The summed E-state index contributed by atoms with van der Waals surface area (Å²) in [4.78, 5) is 26.1. The zero-order chi connectivity index (χ0) is 16.4. The molecule has 2 atom stereocenters. The Bertz CT molecular complexity index is 597. The Hall–Kier alpha value is -1.89. The van der Waals surface area contributed by atoms with Gasteiger partial charge in [0.15, 0.2) is 0 Å². The van der Waals surface area contributed by atoms with Crippen molar-refractivity contribution in [3.8, 4) is 0 Å². The van der Waals surface area contributed by atoms with Gasteiger partial charge < -0.3 is 16.0 Å². The van der Waals surface area contributed by atoms with Crippen LogP contribution in [0.3, 0.4) is 0 Å². The number of carbonyl (C=O) groups excluding carboxylic acids is 2. The fourth-order valence-electron chi connectivity index (χ4n) is 3.68. The van der Waals surface area contributed by atoms with E-state index in [2.05, 4.69) is 15.5 Å². The van der Waals surface area contributed by atoms with Crippen LogP contribution in [0, 0.1) is 0 Å². The van der Waals surface area contributed by atoms with Crippen molar-refractivity contribution in [2.45, 2.75) is 57.0 Å². The Morgan fingerprint density at radius 2 is 2.17 bits per heavy atom. The zero-order valence-corrected chi connectivity index (χ0v) is 13.6. The quantitative estimate of drug-likeness (QED) is 0.720. The highest BCUT2D eigenvalue weighted by Gasteiger charge is 2.37. The average molecular weight is 319 g/mol. The van der Waals surface area contributed by atoms with Crippen LogP contribution in [0.2, 0.25) is 0 Å². The maximum atomic E-state index is 12.5. The third kappa shape index (κ3) is 3.24. The fourth-order valence-corrected chi connectivity index (χ4v) is 3.68. The van der Waals surface area contributed by atoms with Crippen LogP contribution < -0.4 is 11.1 Å². The van der Waals surface area contributed by atoms with E-state index >= 15 is 0 Å². The standard InChI is InChI=1S/C16H25N5O2/c1-18-16(23)14-8-10(17)9-21(14)15(22)7-6-13-11-4-2-3-5-12(11)19-20-13/h10,14H,2-9,17H2,1H3,(H,18,23)(H,19,20)/t10-,14+/m1/s1. The first kappa shape index (κ1) is 16.0. The molecule has 1 saturated heterocycles. The van der Waals surface area contributed by atoms with Crippen LogP contribution in [0.15, 0.2) is 0 Å². The molecule has 23 heavy (non-hydrogen) atoms. The van der Waals surface area contributed by atoms with E-state index in [0.717, 1.165) is 18.5 Å². The molecule has 2 aliphatic rings. The summed E-state index contributed by atoms with van der Waals surface area (Å²) in [7, 11) is 1.59. The number of nitrogens with one attached hydrogen (secondary N) is 2. The van der Waals surface area contributed by atoms with E-state index in [1.165, 1.54) is 24.1 Å². The molecule has 0 aromatic carbocycles. The van der Waals surface area contributed by atoms with E-state index < -0.39 is 6.04 Å². The highest BCUT2D eigenvalue weighted by atomic mass is 16.2. The number of amides is 2. The number of hydrogen-bond donors (Lipinski definition) is 3. The molecule has 2 heterocycles. The van der Waals surface area contributed by atoms with Gasteiger partial charge in [0.25, 0.3) is 0 Å². The molecule has 1 aliphatic heterocycles. The second-order valence-corrected chi connectivity index (χ2v) is 6.51. The lowest BCUT2D eigenvalue weighted by molar-refractivity contribution is -0.138. The number of nitrogens with zero attached hydrogens (tertiary/aromatic N) is 2. The molecule has 3 rings (SSSR count). The molecule has 0 spiro atoms. The molecule has 1 aromatic rings. The Morgan fingerprint density at radius 3 is 2.96 bits per heavy atom. The second kappa shape index (κ2) is 6.70. The highest BCUT2D eigenvalue weighted by Crippen LogP contribution is 2.24. The topological polar surface area (TPSA) is 104 Å². The number of aromatic nitrogens is 2. The van der Waals surface area contributed by atoms with Crippen molar-refractivity contribution in [2.75, 3.05) is 13.6 Å². The van der Waals surface area contributed by atoms with Crippen molar-refractivity contribution in [1.29, 1.82) is 0 Å². The molecule has 0 unspecified atom stereocenters. The maximum absolute atomic E-state index is 12.5. The molecule has 0 saturated carbocycles. The number of H-pyrrole nitrogens is 1. The lowest BCUT2D eigenvalue weighted by Crippen LogP contribution is -2.45. The van der Waals surface area contributed by atoms with Gasteiger partial charge in [0.2, 0.25) is 11.8 Å². The predicted molar refractivity (Wildman–Crippen MR) is 85.7 cm³/mol. The van der Waals surface area contributed by atoms with Gasteiger partial charge in [0.1, 0.15) is 6.04 Å². The number of aryl methyl sites for hydroxylation is 2. The minimum atomic E-state index is -0.435. The van der Waals surface area contributed by atoms with Crippen molar-refractivity contribution in [2.24, 2.45) is 5.73 Å². The van der Waals surface area contributed by atoms with Crippen molar-refractivity contribution >= 4 is 11.8 Å². The molecule has 2 amide bonds. The van der Waals surface area contributed by atoms with Crippen LogP contribution in [-0.4, -0.2) is 52.6 Å². The van der Waals surface area contributed by atoms with Crippen LogP contribution in [0.5, 0.6) is 0 Å². The molecule has 1 aromatic heterocycles. The normalized spacial score (nSPS) is 23.7. The molecule has 1 fully saturated rings. The molecule has 1 aliphatic carbocycles. The molecular formula is C16H25N5O2. The number of fused-ring (bicyclic) bond motifs is 1. The van der Waals surface area contributed by atoms with Gasteiger partial charge in [-0.05, 0) is 37.7 Å².